The lowest BCUT2D eigenvalue weighted by molar-refractivity contribution is 0.703. The first-order valence-electron chi connectivity index (χ1n) is 5.11. The second-order valence-electron chi connectivity index (χ2n) is 3.73. The maximum Gasteiger partial charge on any atom is 0.0704 e. The van der Waals surface area contributed by atoms with E-state index >= 15 is 0 Å². The number of halogens is 1. The number of rotatable bonds is 3. The molecule has 0 aromatic carbocycles. The molecule has 2 aromatic rings. The predicted molar refractivity (Wildman–Crippen MR) is 76.7 cm³/mol. The Balaban J connectivity index is 2.40. The summed E-state index contributed by atoms with van der Waals surface area (Å²) >= 11 is 7.21. The molecule has 1 unspecified atom stereocenters. The SMILES string of the molecule is CNC(c1ccc(C)s1)c1cc(Br)sc1C. The number of hydrogen-bond acceptors (Lipinski definition) is 3. The third-order valence-electron chi connectivity index (χ3n) is 2.57. The minimum absolute atomic E-state index is 0.321. The van der Waals surface area contributed by atoms with Crippen LogP contribution in [0.2, 0.25) is 0 Å². The Kier molecular flexibility index (Phi) is 3.85. The normalized spacial score (nSPS) is 13.0. The van der Waals surface area contributed by atoms with Gasteiger partial charge in [-0.15, -0.1) is 22.7 Å². The molecule has 4 heteroatoms. The van der Waals surface area contributed by atoms with Crippen molar-refractivity contribution in [3.8, 4) is 0 Å². The van der Waals surface area contributed by atoms with Crippen LogP contribution in [0.4, 0.5) is 0 Å². The molecular formula is C12H14BrNS2. The minimum atomic E-state index is 0.321. The topological polar surface area (TPSA) is 12.0 Å². The smallest absolute Gasteiger partial charge is 0.0704 e. The molecule has 0 radical (unpaired) electrons. The Morgan fingerprint density at radius 2 is 2.00 bits per heavy atom. The summed E-state index contributed by atoms with van der Waals surface area (Å²) in [4.78, 5) is 4.12. The van der Waals surface area contributed by atoms with Crippen molar-refractivity contribution in [2.75, 3.05) is 7.05 Å². The Morgan fingerprint density at radius 3 is 2.44 bits per heavy atom. The molecule has 16 heavy (non-hydrogen) atoms. The molecule has 2 aromatic heterocycles. The molecule has 1 nitrogen and oxygen atoms in total. The van der Waals surface area contributed by atoms with Gasteiger partial charge in [-0.25, -0.2) is 0 Å². The quantitative estimate of drug-likeness (QED) is 0.879. The first kappa shape index (κ1) is 12.3. The molecule has 86 valence electrons. The highest BCUT2D eigenvalue weighted by atomic mass is 79.9. The number of hydrogen-bond donors (Lipinski definition) is 1. The van der Waals surface area contributed by atoms with Gasteiger partial charge in [0, 0.05) is 14.6 Å². The van der Waals surface area contributed by atoms with Crippen LogP contribution < -0.4 is 5.32 Å². The fourth-order valence-electron chi connectivity index (χ4n) is 1.80. The second-order valence-corrected chi connectivity index (χ2v) is 7.69. The molecule has 1 atom stereocenters. The van der Waals surface area contributed by atoms with E-state index in [2.05, 4.69) is 53.3 Å². The highest BCUT2D eigenvalue weighted by Crippen LogP contribution is 2.35. The zero-order chi connectivity index (χ0) is 11.7. The van der Waals surface area contributed by atoms with E-state index < -0.39 is 0 Å². The standard InChI is InChI=1S/C12H14BrNS2/c1-7-4-5-10(15-7)12(14-3)9-6-11(13)16-8(9)2/h4-6,12,14H,1-3H3. The summed E-state index contributed by atoms with van der Waals surface area (Å²) < 4.78 is 1.20. The molecule has 0 saturated carbocycles. The van der Waals surface area contributed by atoms with E-state index in [1.54, 1.807) is 11.3 Å². The summed E-state index contributed by atoms with van der Waals surface area (Å²) in [5, 5.41) is 3.40. The van der Waals surface area contributed by atoms with Crippen molar-refractivity contribution in [3.63, 3.8) is 0 Å². The van der Waals surface area contributed by atoms with Crippen LogP contribution in [0.1, 0.15) is 26.2 Å². The molecule has 0 bridgehead atoms. The van der Waals surface area contributed by atoms with Crippen LogP contribution in [0.15, 0.2) is 22.0 Å². The maximum atomic E-state index is 3.55. The first-order chi connectivity index (χ1) is 7.61. The first-order valence-corrected chi connectivity index (χ1v) is 7.54. The van der Waals surface area contributed by atoms with Crippen molar-refractivity contribution >= 4 is 38.6 Å². The van der Waals surface area contributed by atoms with E-state index in [1.807, 2.05) is 18.4 Å². The van der Waals surface area contributed by atoms with Gasteiger partial charge in [-0.3, -0.25) is 0 Å². The van der Waals surface area contributed by atoms with Gasteiger partial charge in [0.25, 0.3) is 0 Å². The monoisotopic (exact) mass is 315 g/mol. The fourth-order valence-corrected chi connectivity index (χ4v) is 4.56. The van der Waals surface area contributed by atoms with Crippen LogP contribution in [0.25, 0.3) is 0 Å². The van der Waals surface area contributed by atoms with Gasteiger partial charge in [0.2, 0.25) is 0 Å². The Bertz CT molecular complexity index is 487. The molecule has 0 aliphatic heterocycles. The van der Waals surface area contributed by atoms with Crippen LogP contribution in [0.5, 0.6) is 0 Å². The number of aryl methyl sites for hydroxylation is 2. The summed E-state index contributed by atoms with van der Waals surface area (Å²) in [6.45, 7) is 4.33. The summed E-state index contributed by atoms with van der Waals surface area (Å²) in [5.74, 6) is 0. The number of nitrogens with one attached hydrogen (secondary N) is 1. The lowest BCUT2D eigenvalue weighted by Gasteiger charge is -2.14. The van der Waals surface area contributed by atoms with E-state index in [0.29, 0.717) is 6.04 Å². The highest BCUT2D eigenvalue weighted by Gasteiger charge is 2.17. The van der Waals surface area contributed by atoms with Crippen molar-refractivity contribution in [1.29, 1.82) is 0 Å². The molecule has 0 fully saturated rings. The lowest BCUT2D eigenvalue weighted by atomic mass is 10.1. The second kappa shape index (κ2) is 5.00. The minimum Gasteiger partial charge on any atom is -0.309 e. The van der Waals surface area contributed by atoms with E-state index in [0.717, 1.165) is 0 Å². The van der Waals surface area contributed by atoms with Gasteiger partial charge in [0.15, 0.2) is 0 Å². The van der Waals surface area contributed by atoms with E-state index in [-0.39, 0.29) is 0 Å². The van der Waals surface area contributed by atoms with E-state index in [9.17, 15) is 0 Å². The van der Waals surface area contributed by atoms with Gasteiger partial charge in [0.1, 0.15) is 0 Å². The average Bonchev–Trinajstić information content (AvgIpc) is 2.76. The summed E-state index contributed by atoms with van der Waals surface area (Å²) in [7, 11) is 2.02. The molecule has 0 aliphatic rings. The van der Waals surface area contributed by atoms with Gasteiger partial charge in [-0.2, -0.15) is 0 Å². The van der Waals surface area contributed by atoms with Crippen LogP contribution in [0.3, 0.4) is 0 Å². The van der Waals surface area contributed by atoms with Crippen molar-refractivity contribution in [2.45, 2.75) is 19.9 Å². The van der Waals surface area contributed by atoms with Gasteiger partial charge in [-0.1, -0.05) is 0 Å². The number of thiophene rings is 2. The van der Waals surface area contributed by atoms with Crippen molar-refractivity contribution in [1.82, 2.24) is 5.32 Å². The van der Waals surface area contributed by atoms with Crippen LogP contribution in [-0.4, -0.2) is 7.05 Å². The summed E-state index contributed by atoms with van der Waals surface area (Å²) in [5.41, 5.74) is 1.38. The molecule has 0 aliphatic carbocycles. The van der Waals surface area contributed by atoms with Crippen LogP contribution >= 0.6 is 38.6 Å². The van der Waals surface area contributed by atoms with Crippen LogP contribution in [-0.2, 0) is 0 Å². The van der Waals surface area contributed by atoms with Crippen molar-refractivity contribution in [2.24, 2.45) is 0 Å². The zero-order valence-corrected chi connectivity index (χ0v) is 12.7. The highest BCUT2D eigenvalue weighted by molar-refractivity contribution is 9.11. The van der Waals surface area contributed by atoms with E-state index in [4.69, 9.17) is 0 Å². The van der Waals surface area contributed by atoms with Crippen molar-refractivity contribution < 1.29 is 0 Å². The average molecular weight is 316 g/mol. The van der Waals surface area contributed by atoms with Gasteiger partial charge in [-0.05, 0) is 60.6 Å². The maximum absolute atomic E-state index is 3.55. The third-order valence-corrected chi connectivity index (χ3v) is 5.21. The zero-order valence-electron chi connectivity index (χ0n) is 9.50. The Hall–Kier alpha value is -0.160. The van der Waals surface area contributed by atoms with E-state index in [1.165, 1.54) is 24.0 Å². The molecule has 0 spiro atoms. The predicted octanol–water partition coefficient (Wildman–Crippen LogP) is 4.50. The molecule has 2 rings (SSSR count). The van der Waals surface area contributed by atoms with Gasteiger partial charge in [0.05, 0.1) is 9.83 Å². The molecular weight excluding hydrogens is 302 g/mol. The molecule has 0 amide bonds. The van der Waals surface area contributed by atoms with Crippen molar-refractivity contribution in [3.05, 3.63) is 42.2 Å². The van der Waals surface area contributed by atoms with Gasteiger partial charge >= 0.3 is 0 Å². The fraction of sp³-hybridized carbons (Fsp3) is 0.333. The largest absolute Gasteiger partial charge is 0.309 e. The Labute approximate surface area is 113 Å². The molecule has 0 saturated heterocycles. The van der Waals surface area contributed by atoms with Crippen LogP contribution in [0, 0.1) is 13.8 Å². The summed E-state index contributed by atoms with van der Waals surface area (Å²) in [6, 6.07) is 6.94. The summed E-state index contributed by atoms with van der Waals surface area (Å²) in [6.07, 6.45) is 0. The molecule has 2 heterocycles. The Morgan fingerprint density at radius 1 is 1.25 bits per heavy atom. The van der Waals surface area contributed by atoms with Gasteiger partial charge < -0.3 is 5.32 Å². The third kappa shape index (κ3) is 2.40. The molecule has 1 N–H and O–H groups in total. The lowest BCUT2D eigenvalue weighted by Crippen LogP contribution is -2.16.